The van der Waals surface area contributed by atoms with Gasteiger partial charge in [-0.2, -0.15) is 22.7 Å². The molecule has 0 saturated heterocycles. The smallest absolute Gasteiger partial charge is 0.259 e. The summed E-state index contributed by atoms with van der Waals surface area (Å²) in [6.07, 6.45) is 7.58. The molecule has 2 rings (SSSR count). The molecule has 0 aliphatic heterocycles. The van der Waals surface area contributed by atoms with E-state index in [9.17, 15) is 0 Å². The van der Waals surface area contributed by atoms with Gasteiger partial charge in [0.15, 0.2) is 0 Å². The van der Waals surface area contributed by atoms with Crippen molar-refractivity contribution < 1.29 is 9.16 Å². The van der Waals surface area contributed by atoms with Crippen molar-refractivity contribution in [3.05, 3.63) is 35.0 Å². The van der Waals surface area contributed by atoms with Crippen LogP contribution in [-0.2, 0) is 9.16 Å². The molecule has 2 aromatic heterocycles. The van der Waals surface area contributed by atoms with Crippen LogP contribution in [0, 0.1) is 0 Å². The monoisotopic (exact) mass is 354 g/mol. The Morgan fingerprint density at radius 3 is 1.86 bits per heavy atom. The normalized spacial score (nSPS) is 11.4. The molecule has 0 bridgehead atoms. The van der Waals surface area contributed by atoms with Crippen LogP contribution in [0.15, 0.2) is 35.0 Å². The maximum Gasteiger partial charge on any atom is 0.259 e. The second-order valence-corrected chi connectivity index (χ2v) is 10.5. The van der Waals surface area contributed by atoms with Gasteiger partial charge in [-0.25, -0.2) is 0 Å². The highest BCUT2D eigenvalue weighted by atomic mass is 32.1. The van der Waals surface area contributed by atoms with Crippen molar-refractivity contribution >= 4 is 40.7 Å². The Kier molecular flexibility index (Phi) is 9.05. The molecule has 0 radical (unpaired) electrons. The summed E-state index contributed by atoms with van der Waals surface area (Å²) in [5.41, 5.74) is 0. The number of hydrogen-bond acceptors (Lipinski definition) is 4. The fourth-order valence-corrected chi connectivity index (χ4v) is 7.82. The standard InChI is InChI=1S/C17H26O2S2Si/c1-18-12-6-4-2-3-5-7-13-19-22(16-10-8-14-20-16)17-11-9-15-21-17/h8-11,14-15,22H,2-7,12-13H2,1H3. The lowest BCUT2D eigenvalue weighted by Gasteiger charge is -2.13. The fraction of sp³-hybridized carbons (Fsp3) is 0.529. The summed E-state index contributed by atoms with van der Waals surface area (Å²) < 4.78 is 14.3. The molecule has 5 heteroatoms. The number of hydrogen-bond donors (Lipinski definition) is 0. The van der Waals surface area contributed by atoms with E-state index < -0.39 is 9.04 Å². The van der Waals surface area contributed by atoms with Crippen LogP contribution in [0.5, 0.6) is 0 Å². The third-order valence-electron chi connectivity index (χ3n) is 3.63. The average molecular weight is 355 g/mol. The summed E-state index contributed by atoms with van der Waals surface area (Å²) in [6, 6.07) is 8.74. The van der Waals surface area contributed by atoms with Crippen LogP contribution in [0.25, 0.3) is 0 Å². The first-order chi connectivity index (χ1) is 10.9. The van der Waals surface area contributed by atoms with E-state index in [1.807, 2.05) is 22.7 Å². The minimum atomic E-state index is -1.41. The van der Waals surface area contributed by atoms with Crippen LogP contribution in [-0.4, -0.2) is 29.4 Å². The quantitative estimate of drug-likeness (QED) is 0.428. The third kappa shape index (κ3) is 6.34. The first kappa shape index (κ1) is 17.9. The van der Waals surface area contributed by atoms with E-state index in [0.29, 0.717) is 0 Å². The lowest BCUT2D eigenvalue weighted by atomic mass is 10.1. The molecule has 0 aliphatic rings. The second kappa shape index (κ2) is 11.1. The Labute approximate surface area is 143 Å². The van der Waals surface area contributed by atoms with Gasteiger partial charge in [-0.05, 0) is 35.7 Å². The Balaban J connectivity index is 1.63. The van der Waals surface area contributed by atoms with Crippen LogP contribution in [0.1, 0.15) is 38.5 Å². The molecule has 122 valence electrons. The van der Waals surface area contributed by atoms with E-state index in [0.717, 1.165) is 13.2 Å². The Morgan fingerprint density at radius 2 is 1.36 bits per heavy atom. The van der Waals surface area contributed by atoms with Gasteiger partial charge >= 0.3 is 0 Å². The first-order valence-electron chi connectivity index (χ1n) is 8.09. The molecule has 0 spiro atoms. The number of methoxy groups -OCH3 is 1. The van der Waals surface area contributed by atoms with E-state index in [1.54, 1.807) is 7.11 Å². The van der Waals surface area contributed by atoms with Gasteiger partial charge in [0.1, 0.15) is 0 Å². The molecule has 0 aliphatic carbocycles. The van der Waals surface area contributed by atoms with Crippen molar-refractivity contribution in [3.63, 3.8) is 0 Å². The molecule has 22 heavy (non-hydrogen) atoms. The van der Waals surface area contributed by atoms with Gasteiger partial charge < -0.3 is 9.16 Å². The summed E-state index contributed by atoms with van der Waals surface area (Å²) >= 11 is 3.68. The van der Waals surface area contributed by atoms with E-state index in [-0.39, 0.29) is 0 Å². The van der Waals surface area contributed by atoms with Gasteiger partial charge in [0.2, 0.25) is 0 Å². The zero-order valence-electron chi connectivity index (χ0n) is 13.3. The molecule has 0 saturated carbocycles. The molecule has 2 nitrogen and oxygen atoms in total. The molecular weight excluding hydrogens is 328 g/mol. The minimum Gasteiger partial charge on any atom is -0.409 e. The maximum atomic E-state index is 6.32. The summed E-state index contributed by atoms with van der Waals surface area (Å²) in [6.45, 7) is 1.81. The highest BCUT2D eigenvalue weighted by Crippen LogP contribution is 2.08. The number of ether oxygens (including phenoxy) is 1. The molecule has 0 amide bonds. The van der Waals surface area contributed by atoms with Gasteiger partial charge in [-0.3, -0.25) is 0 Å². The largest absolute Gasteiger partial charge is 0.409 e. The van der Waals surface area contributed by atoms with E-state index in [4.69, 9.17) is 9.16 Å². The summed E-state index contributed by atoms with van der Waals surface area (Å²) in [5, 5.41) is 4.32. The highest BCUT2D eigenvalue weighted by molar-refractivity contribution is 7.29. The van der Waals surface area contributed by atoms with Crippen molar-refractivity contribution in [2.45, 2.75) is 38.5 Å². The van der Waals surface area contributed by atoms with Crippen LogP contribution >= 0.6 is 22.7 Å². The molecular formula is C17H26O2S2Si. The molecule has 0 aromatic carbocycles. The predicted octanol–water partition coefficient (Wildman–Crippen LogP) is 3.65. The second-order valence-electron chi connectivity index (χ2n) is 5.40. The fourth-order valence-electron chi connectivity index (χ4n) is 2.44. The maximum absolute atomic E-state index is 6.32. The van der Waals surface area contributed by atoms with E-state index in [1.165, 1.54) is 47.5 Å². The van der Waals surface area contributed by atoms with Crippen molar-refractivity contribution in [2.24, 2.45) is 0 Å². The third-order valence-corrected chi connectivity index (χ3v) is 9.12. The first-order valence-corrected chi connectivity index (χ1v) is 11.5. The molecule has 0 atom stereocenters. The van der Waals surface area contributed by atoms with Gasteiger partial charge in [0.25, 0.3) is 9.04 Å². The lowest BCUT2D eigenvalue weighted by molar-refractivity contribution is 0.191. The predicted molar refractivity (Wildman–Crippen MR) is 101 cm³/mol. The van der Waals surface area contributed by atoms with Gasteiger partial charge in [-0.1, -0.05) is 37.8 Å². The molecule has 0 fully saturated rings. The number of thiophene rings is 2. The average Bonchev–Trinajstić information content (AvgIpc) is 3.22. The molecule has 0 unspecified atom stereocenters. The van der Waals surface area contributed by atoms with Crippen molar-refractivity contribution in [3.8, 4) is 0 Å². The Bertz CT molecular complexity index is 437. The Morgan fingerprint density at radius 1 is 0.818 bits per heavy atom. The topological polar surface area (TPSA) is 18.5 Å². The SMILES string of the molecule is COCCCCCCCCO[SiH](c1cccs1)c1cccs1. The zero-order valence-corrected chi connectivity index (χ0v) is 16.1. The van der Waals surface area contributed by atoms with Crippen molar-refractivity contribution in [1.29, 1.82) is 0 Å². The van der Waals surface area contributed by atoms with Gasteiger partial charge in [0, 0.05) is 29.3 Å². The Hall–Kier alpha value is -0.463. The van der Waals surface area contributed by atoms with E-state index in [2.05, 4.69) is 35.0 Å². The van der Waals surface area contributed by atoms with E-state index >= 15 is 0 Å². The lowest BCUT2D eigenvalue weighted by Crippen LogP contribution is -2.42. The van der Waals surface area contributed by atoms with Crippen LogP contribution < -0.4 is 9.00 Å². The molecule has 0 N–H and O–H groups in total. The van der Waals surface area contributed by atoms with Gasteiger partial charge in [0.05, 0.1) is 0 Å². The summed E-state index contributed by atoms with van der Waals surface area (Å²) in [4.78, 5) is 0. The molecule has 2 aromatic rings. The van der Waals surface area contributed by atoms with Gasteiger partial charge in [-0.15, -0.1) is 0 Å². The highest BCUT2D eigenvalue weighted by Gasteiger charge is 2.19. The van der Waals surface area contributed by atoms with Crippen LogP contribution in [0.2, 0.25) is 0 Å². The van der Waals surface area contributed by atoms with Crippen molar-refractivity contribution in [2.75, 3.05) is 20.3 Å². The number of rotatable bonds is 12. The van der Waals surface area contributed by atoms with Crippen molar-refractivity contribution in [1.82, 2.24) is 0 Å². The molecule has 2 heterocycles. The zero-order chi connectivity index (χ0) is 15.5. The number of unbranched alkanes of at least 4 members (excludes halogenated alkanes) is 5. The summed E-state index contributed by atoms with van der Waals surface area (Å²) in [7, 11) is 0.370. The minimum absolute atomic E-state index is 0.901. The van der Waals surface area contributed by atoms with Crippen LogP contribution in [0.3, 0.4) is 0 Å². The summed E-state index contributed by atoms with van der Waals surface area (Å²) in [5.74, 6) is 0. The van der Waals surface area contributed by atoms with Crippen LogP contribution in [0.4, 0.5) is 0 Å².